The topological polar surface area (TPSA) is 84.3 Å². The molecule has 0 spiro atoms. The summed E-state index contributed by atoms with van der Waals surface area (Å²) in [5.74, 6) is -0.0617. The number of nitro benzene ring substituents is 1. The minimum absolute atomic E-state index is 0.0138. The first kappa shape index (κ1) is 15.3. The summed E-state index contributed by atoms with van der Waals surface area (Å²) in [6.45, 7) is 1.76. The average Bonchev–Trinajstić information content (AvgIpc) is 2.48. The second-order valence-electron chi connectivity index (χ2n) is 5.52. The molecule has 1 aliphatic carbocycles. The molecule has 6 heteroatoms. The third kappa shape index (κ3) is 4.44. The van der Waals surface area contributed by atoms with Gasteiger partial charge in [-0.25, -0.2) is 0 Å². The van der Waals surface area contributed by atoms with Crippen LogP contribution in [0.25, 0.3) is 0 Å². The lowest BCUT2D eigenvalue weighted by Crippen LogP contribution is -2.44. The van der Waals surface area contributed by atoms with Gasteiger partial charge < -0.3 is 10.6 Å². The standard InChI is InChI=1S/C15H21N3O3/c1-11(15(19)17-12-6-3-2-4-7-12)16-13-8-5-9-14(10-13)18(20)21/h5,8-12,16H,2-4,6-7H2,1H3,(H,17,19)/t11-/m0/s1. The van der Waals surface area contributed by atoms with Crippen molar-refractivity contribution in [3.05, 3.63) is 34.4 Å². The fraction of sp³-hybridized carbons (Fsp3) is 0.533. The highest BCUT2D eigenvalue weighted by Crippen LogP contribution is 2.19. The maximum absolute atomic E-state index is 12.1. The molecule has 1 amide bonds. The molecule has 114 valence electrons. The number of hydrogen-bond acceptors (Lipinski definition) is 4. The van der Waals surface area contributed by atoms with E-state index >= 15 is 0 Å². The van der Waals surface area contributed by atoms with Crippen LogP contribution in [0.15, 0.2) is 24.3 Å². The molecule has 1 aromatic carbocycles. The number of rotatable bonds is 5. The summed E-state index contributed by atoms with van der Waals surface area (Å²) in [5.41, 5.74) is 0.593. The molecule has 2 N–H and O–H groups in total. The van der Waals surface area contributed by atoms with Gasteiger partial charge in [0, 0.05) is 23.9 Å². The summed E-state index contributed by atoms with van der Waals surface area (Å²) in [5, 5.41) is 16.8. The van der Waals surface area contributed by atoms with Crippen LogP contribution in [0, 0.1) is 10.1 Å². The van der Waals surface area contributed by atoms with Crippen molar-refractivity contribution in [1.82, 2.24) is 5.32 Å². The number of nitrogens with zero attached hydrogens (tertiary/aromatic N) is 1. The van der Waals surface area contributed by atoms with Crippen molar-refractivity contribution in [2.75, 3.05) is 5.32 Å². The van der Waals surface area contributed by atoms with Gasteiger partial charge in [0.15, 0.2) is 0 Å². The third-order valence-corrected chi connectivity index (χ3v) is 3.78. The molecule has 1 atom stereocenters. The first-order valence-corrected chi connectivity index (χ1v) is 7.37. The summed E-state index contributed by atoms with van der Waals surface area (Å²) in [6.07, 6.45) is 5.65. The summed E-state index contributed by atoms with van der Waals surface area (Å²) >= 11 is 0. The van der Waals surface area contributed by atoms with Crippen molar-refractivity contribution >= 4 is 17.3 Å². The van der Waals surface area contributed by atoms with Gasteiger partial charge in [-0.3, -0.25) is 14.9 Å². The van der Waals surface area contributed by atoms with Crippen LogP contribution >= 0.6 is 0 Å². The van der Waals surface area contributed by atoms with Crippen LogP contribution in [-0.4, -0.2) is 22.9 Å². The van der Waals surface area contributed by atoms with Crippen LogP contribution in [0.1, 0.15) is 39.0 Å². The molecule has 1 fully saturated rings. The number of non-ortho nitro benzene ring substituents is 1. The van der Waals surface area contributed by atoms with Gasteiger partial charge in [-0.15, -0.1) is 0 Å². The zero-order valence-electron chi connectivity index (χ0n) is 12.2. The minimum Gasteiger partial charge on any atom is -0.374 e. The normalized spacial score (nSPS) is 17.0. The first-order chi connectivity index (χ1) is 10.1. The van der Waals surface area contributed by atoms with Gasteiger partial charge in [0.2, 0.25) is 5.91 Å². The number of amides is 1. The summed E-state index contributed by atoms with van der Waals surface area (Å²) in [7, 11) is 0. The number of carbonyl (C=O) groups is 1. The molecule has 0 aliphatic heterocycles. The first-order valence-electron chi connectivity index (χ1n) is 7.37. The Bertz CT molecular complexity index is 513. The molecular formula is C15H21N3O3. The Hall–Kier alpha value is -2.11. The molecule has 0 saturated heterocycles. The van der Waals surface area contributed by atoms with Gasteiger partial charge >= 0.3 is 0 Å². The van der Waals surface area contributed by atoms with E-state index in [-0.39, 0.29) is 17.6 Å². The van der Waals surface area contributed by atoms with Gasteiger partial charge in [-0.1, -0.05) is 25.3 Å². The molecule has 6 nitrogen and oxygen atoms in total. The lowest BCUT2D eigenvalue weighted by molar-refractivity contribution is -0.384. The van der Waals surface area contributed by atoms with Crippen LogP contribution in [0.4, 0.5) is 11.4 Å². The van der Waals surface area contributed by atoms with E-state index in [1.165, 1.54) is 18.6 Å². The molecule has 0 radical (unpaired) electrons. The molecule has 1 aliphatic rings. The number of anilines is 1. The molecule has 1 saturated carbocycles. The molecule has 0 aromatic heterocycles. The zero-order valence-corrected chi connectivity index (χ0v) is 12.2. The quantitative estimate of drug-likeness (QED) is 0.645. The molecule has 1 aromatic rings. The van der Waals surface area contributed by atoms with Crippen molar-refractivity contribution in [3.63, 3.8) is 0 Å². The second-order valence-corrected chi connectivity index (χ2v) is 5.52. The van der Waals surface area contributed by atoms with E-state index in [1.54, 1.807) is 19.1 Å². The van der Waals surface area contributed by atoms with E-state index in [0.717, 1.165) is 25.7 Å². The lowest BCUT2D eigenvalue weighted by atomic mass is 9.95. The Morgan fingerprint density at radius 3 is 2.71 bits per heavy atom. The van der Waals surface area contributed by atoms with E-state index in [9.17, 15) is 14.9 Å². The monoisotopic (exact) mass is 291 g/mol. The molecule has 0 bridgehead atoms. The maximum atomic E-state index is 12.1. The third-order valence-electron chi connectivity index (χ3n) is 3.78. The molecule has 0 unspecified atom stereocenters. The Morgan fingerprint density at radius 2 is 2.05 bits per heavy atom. The van der Waals surface area contributed by atoms with Crippen molar-refractivity contribution in [3.8, 4) is 0 Å². The second kappa shape index (κ2) is 7.06. The Labute approximate surface area is 124 Å². The van der Waals surface area contributed by atoms with Crippen LogP contribution in [0.5, 0.6) is 0 Å². The van der Waals surface area contributed by atoms with Crippen molar-refractivity contribution in [2.45, 2.75) is 51.1 Å². The number of nitrogens with one attached hydrogen (secondary N) is 2. The SMILES string of the molecule is C[C@H](Nc1cccc([N+](=O)[O-])c1)C(=O)NC1CCCCC1. The summed E-state index contributed by atoms with van der Waals surface area (Å²) in [4.78, 5) is 22.4. The van der Waals surface area contributed by atoms with Crippen molar-refractivity contribution in [2.24, 2.45) is 0 Å². The highest BCUT2D eigenvalue weighted by atomic mass is 16.6. The lowest BCUT2D eigenvalue weighted by Gasteiger charge is -2.25. The van der Waals surface area contributed by atoms with E-state index in [4.69, 9.17) is 0 Å². The van der Waals surface area contributed by atoms with E-state index in [2.05, 4.69) is 10.6 Å². The minimum atomic E-state index is -0.446. The van der Waals surface area contributed by atoms with Gasteiger partial charge in [0.1, 0.15) is 6.04 Å². The Morgan fingerprint density at radius 1 is 1.33 bits per heavy atom. The predicted molar refractivity (Wildman–Crippen MR) is 81.2 cm³/mol. The highest BCUT2D eigenvalue weighted by Gasteiger charge is 2.19. The van der Waals surface area contributed by atoms with Gasteiger partial charge in [0.25, 0.3) is 5.69 Å². The largest absolute Gasteiger partial charge is 0.374 e. The number of hydrogen-bond donors (Lipinski definition) is 2. The summed E-state index contributed by atoms with van der Waals surface area (Å²) < 4.78 is 0. The maximum Gasteiger partial charge on any atom is 0.271 e. The Balaban J connectivity index is 1.90. The molecular weight excluding hydrogens is 270 g/mol. The highest BCUT2D eigenvalue weighted by molar-refractivity contribution is 5.84. The smallest absolute Gasteiger partial charge is 0.271 e. The van der Waals surface area contributed by atoms with Crippen LogP contribution in [0.2, 0.25) is 0 Å². The predicted octanol–water partition coefficient (Wildman–Crippen LogP) is 2.84. The zero-order chi connectivity index (χ0) is 15.2. The van der Waals surface area contributed by atoms with Crippen LogP contribution in [-0.2, 0) is 4.79 Å². The number of nitro groups is 1. The molecule has 0 heterocycles. The Kier molecular flexibility index (Phi) is 5.14. The van der Waals surface area contributed by atoms with Crippen molar-refractivity contribution in [1.29, 1.82) is 0 Å². The fourth-order valence-electron chi connectivity index (χ4n) is 2.60. The van der Waals surface area contributed by atoms with E-state index in [1.807, 2.05) is 0 Å². The van der Waals surface area contributed by atoms with Gasteiger partial charge in [-0.2, -0.15) is 0 Å². The summed E-state index contributed by atoms with van der Waals surface area (Å²) in [6, 6.07) is 6.03. The average molecular weight is 291 g/mol. The van der Waals surface area contributed by atoms with Gasteiger partial charge in [0.05, 0.1) is 4.92 Å². The molecule has 2 rings (SSSR count). The van der Waals surface area contributed by atoms with Gasteiger partial charge in [-0.05, 0) is 25.8 Å². The number of carbonyl (C=O) groups excluding carboxylic acids is 1. The van der Waals surface area contributed by atoms with E-state index in [0.29, 0.717) is 5.69 Å². The van der Waals surface area contributed by atoms with Crippen molar-refractivity contribution < 1.29 is 9.72 Å². The fourth-order valence-corrected chi connectivity index (χ4v) is 2.60. The van der Waals surface area contributed by atoms with Crippen LogP contribution in [0.3, 0.4) is 0 Å². The van der Waals surface area contributed by atoms with E-state index < -0.39 is 11.0 Å². The number of benzene rings is 1. The van der Waals surface area contributed by atoms with Crippen LogP contribution < -0.4 is 10.6 Å². The molecule has 21 heavy (non-hydrogen) atoms.